The van der Waals surface area contributed by atoms with Crippen molar-refractivity contribution < 1.29 is 19.0 Å². The molecule has 1 aliphatic heterocycles. The maximum Gasteiger partial charge on any atom is 0.310 e. The summed E-state index contributed by atoms with van der Waals surface area (Å²) in [4.78, 5) is 11.9. The molecule has 1 aliphatic rings. The summed E-state index contributed by atoms with van der Waals surface area (Å²) >= 11 is 3.55. The van der Waals surface area contributed by atoms with Gasteiger partial charge in [0.05, 0.1) is 31.2 Å². The molecule has 3 aromatic rings. The molecule has 1 saturated heterocycles. The molecule has 29 heavy (non-hydrogen) atoms. The number of rotatable bonds is 7. The van der Waals surface area contributed by atoms with Crippen LogP contribution >= 0.6 is 15.9 Å². The monoisotopic (exact) mass is 458 g/mol. The second kappa shape index (κ2) is 8.97. The average molecular weight is 459 g/mol. The number of esters is 1. The molecule has 0 saturated carbocycles. The molecule has 7 heteroatoms. The van der Waals surface area contributed by atoms with Gasteiger partial charge in [-0.15, -0.1) is 0 Å². The van der Waals surface area contributed by atoms with Gasteiger partial charge in [-0.2, -0.15) is 5.10 Å². The summed E-state index contributed by atoms with van der Waals surface area (Å²) in [6, 6.07) is 13.9. The van der Waals surface area contributed by atoms with E-state index in [2.05, 4.69) is 32.7 Å². The third-order valence-electron chi connectivity index (χ3n) is 4.97. The van der Waals surface area contributed by atoms with Crippen LogP contribution in [0, 0.1) is 0 Å². The molecule has 6 nitrogen and oxygen atoms in total. The normalized spacial score (nSPS) is 16.3. The quantitative estimate of drug-likeness (QED) is 0.489. The minimum Gasteiger partial charge on any atom is -0.487 e. The Morgan fingerprint density at radius 3 is 2.97 bits per heavy atom. The van der Waals surface area contributed by atoms with Crippen molar-refractivity contribution in [2.45, 2.75) is 32.4 Å². The van der Waals surface area contributed by atoms with Gasteiger partial charge in [-0.1, -0.05) is 34.1 Å². The third kappa shape index (κ3) is 4.46. The zero-order valence-corrected chi connectivity index (χ0v) is 17.9. The summed E-state index contributed by atoms with van der Waals surface area (Å²) in [5.41, 5.74) is 2.74. The third-order valence-corrected chi connectivity index (χ3v) is 5.47. The van der Waals surface area contributed by atoms with Gasteiger partial charge in [-0.25, -0.2) is 0 Å². The number of nitrogens with zero attached hydrogens (tertiary/aromatic N) is 2. The number of fused-ring (bicyclic) bond motifs is 1. The lowest BCUT2D eigenvalue weighted by molar-refractivity contribution is -0.142. The Morgan fingerprint density at radius 1 is 1.31 bits per heavy atom. The van der Waals surface area contributed by atoms with Crippen LogP contribution in [0.3, 0.4) is 0 Å². The van der Waals surface area contributed by atoms with E-state index in [0.29, 0.717) is 25.6 Å². The van der Waals surface area contributed by atoms with Gasteiger partial charge in [0.15, 0.2) is 0 Å². The minimum absolute atomic E-state index is 0.185. The van der Waals surface area contributed by atoms with Gasteiger partial charge in [0, 0.05) is 22.0 Å². The predicted octanol–water partition coefficient (Wildman–Crippen LogP) is 4.44. The van der Waals surface area contributed by atoms with E-state index < -0.39 is 0 Å². The van der Waals surface area contributed by atoms with Crippen molar-refractivity contribution in [3.8, 4) is 5.75 Å². The molecule has 152 valence electrons. The Labute approximate surface area is 177 Å². The maximum atomic E-state index is 11.9. The number of carbonyl (C=O) groups excluding carboxylic acids is 1. The van der Waals surface area contributed by atoms with Gasteiger partial charge in [0.2, 0.25) is 0 Å². The van der Waals surface area contributed by atoms with Crippen molar-refractivity contribution in [3.05, 3.63) is 58.2 Å². The van der Waals surface area contributed by atoms with E-state index in [1.54, 1.807) is 6.92 Å². The molecular formula is C22H23BrN2O4. The van der Waals surface area contributed by atoms with Crippen LogP contribution in [0.15, 0.2) is 46.9 Å². The lowest BCUT2D eigenvalue weighted by Crippen LogP contribution is -2.11. The number of halogens is 1. The van der Waals surface area contributed by atoms with Gasteiger partial charge >= 0.3 is 5.97 Å². The first kappa shape index (κ1) is 19.9. The molecule has 1 fully saturated rings. The average Bonchev–Trinajstić information content (AvgIpc) is 3.35. The minimum atomic E-state index is -0.261. The van der Waals surface area contributed by atoms with Crippen LogP contribution in [0.4, 0.5) is 0 Å². The molecule has 1 aromatic heterocycles. The molecule has 1 atom stereocenters. The van der Waals surface area contributed by atoms with Crippen molar-refractivity contribution in [1.29, 1.82) is 0 Å². The lowest BCUT2D eigenvalue weighted by atomic mass is 10.1. The molecule has 2 aromatic carbocycles. The van der Waals surface area contributed by atoms with E-state index >= 15 is 0 Å². The second-order valence-electron chi connectivity index (χ2n) is 6.95. The largest absolute Gasteiger partial charge is 0.487 e. The Bertz CT molecular complexity index is 1010. The van der Waals surface area contributed by atoms with Gasteiger partial charge in [0.25, 0.3) is 0 Å². The topological polar surface area (TPSA) is 62.6 Å². The number of ether oxygens (including phenoxy) is 3. The molecule has 0 aliphatic carbocycles. The summed E-state index contributed by atoms with van der Waals surface area (Å²) < 4.78 is 19.8. The summed E-state index contributed by atoms with van der Waals surface area (Å²) in [5, 5.41) is 5.90. The number of carbonyl (C=O) groups is 1. The molecule has 4 rings (SSSR count). The summed E-state index contributed by atoms with van der Waals surface area (Å²) in [6.45, 7) is 3.92. The molecule has 2 heterocycles. The molecule has 0 spiro atoms. The molecule has 0 unspecified atom stereocenters. The first-order valence-corrected chi connectivity index (χ1v) is 10.6. The maximum absolute atomic E-state index is 11.9. The van der Waals surface area contributed by atoms with Crippen molar-refractivity contribution in [1.82, 2.24) is 9.78 Å². The molecule has 0 radical (unpaired) electrons. The van der Waals surface area contributed by atoms with Crippen LogP contribution in [0.1, 0.15) is 30.6 Å². The van der Waals surface area contributed by atoms with Crippen molar-refractivity contribution in [2.75, 3.05) is 19.8 Å². The van der Waals surface area contributed by atoms with E-state index in [1.165, 1.54) is 0 Å². The standard InChI is InChI=1S/C22H23BrN2O4/c1-2-28-22(26)11-15-5-3-4-6-21(15)29-14-19-18-12-16(23)7-8-20(18)25(24-19)17-9-10-27-13-17/h3-8,12,17H,2,9-11,13-14H2,1H3/t17-/m0/s1. The molecular weight excluding hydrogens is 436 g/mol. The zero-order valence-electron chi connectivity index (χ0n) is 16.3. The Hall–Kier alpha value is -2.38. The summed E-state index contributed by atoms with van der Waals surface area (Å²) in [5.74, 6) is 0.408. The number of hydrogen-bond donors (Lipinski definition) is 0. The fourth-order valence-corrected chi connectivity index (χ4v) is 3.94. The van der Waals surface area contributed by atoms with Crippen LogP contribution in [0.5, 0.6) is 5.75 Å². The summed E-state index contributed by atoms with van der Waals surface area (Å²) in [6.07, 6.45) is 1.14. The SMILES string of the molecule is CCOC(=O)Cc1ccccc1OCc1nn([C@H]2CCOC2)c2ccc(Br)cc12. The van der Waals surface area contributed by atoms with E-state index in [0.717, 1.165) is 39.7 Å². The Kier molecular flexibility index (Phi) is 6.16. The lowest BCUT2D eigenvalue weighted by Gasteiger charge is -2.11. The second-order valence-corrected chi connectivity index (χ2v) is 7.86. The van der Waals surface area contributed by atoms with Crippen molar-refractivity contribution in [2.24, 2.45) is 0 Å². The van der Waals surface area contributed by atoms with E-state index in [-0.39, 0.29) is 18.4 Å². The first-order chi connectivity index (χ1) is 14.2. The van der Waals surface area contributed by atoms with Gasteiger partial charge in [0.1, 0.15) is 18.1 Å². The van der Waals surface area contributed by atoms with Gasteiger partial charge in [-0.05, 0) is 37.6 Å². The fraction of sp³-hybridized carbons (Fsp3) is 0.364. The van der Waals surface area contributed by atoms with E-state index in [1.807, 2.05) is 30.3 Å². The predicted molar refractivity (Wildman–Crippen MR) is 113 cm³/mol. The summed E-state index contributed by atoms with van der Waals surface area (Å²) in [7, 11) is 0. The number of benzene rings is 2. The van der Waals surface area contributed by atoms with E-state index in [4.69, 9.17) is 19.3 Å². The van der Waals surface area contributed by atoms with Crippen molar-refractivity contribution >= 4 is 32.8 Å². The van der Waals surface area contributed by atoms with E-state index in [9.17, 15) is 4.79 Å². The highest BCUT2D eigenvalue weighted by atomic mass is 79.9. The van der Waals surface area contributed by atoms with Gasteiger partial charge in [-0.3, -0.25) is 9.48 Å². The molecule has 0 bridgehead atoms. The number of para-hydroxylation sites is 1. The van der Waals surface area contributed by atoms with Gasteiger partial charge < -0.3 is 14.2 Å². The van der Waals surface area contributed by atoms with Crippen LogP contribution in [0.2, 0.25) is 0 Å². The number of aromatic nitrogens is 2. The van der Waals surface area contributed by atoms with Crippen molar-refractivity contribution in [3.63, 3.8) is 0 Å². The fourth-order valence-electron chi connectivity index (χ4n) is 3.58. The Morgan fingerprint density at radius 2 is 2.17 bits per heavy atom. The highest BCUT2D eigenvalue weighted by Crippen LogP contribution is 2.30. The smallest absolute Gasteiger partial charge is 0.310 e. The van der Waals surface area contributed by atoms with Crippen LogP contribution in [0.25, 0.3) is 10.9 Å². The molecule has 0 N–H and O–H groups in total. The Balaban J connectivity index is 1.59. The highest BCUT2D eigenvalue weighted by Gasteiger charge is 2.22. The van der Waals surface area contributed by atoms with Crippen LogP contribution in [-0.4, -0.2) is 35.6 Å². The molecule has 0 amide bonds. The van der Waals surface area contributed by atoms with Crippen LogP contribution < -0.4 is 4.74 Å². The first-order valence-electron chi connectivity index (χ1n) is 9.76. The van der Waals surface area contributed by atoms with Crippen LogP contribution in [-0.2, 0) is 27.3 Å². The highest BCUT2D eigenvalue weighted by molar-refractivity contribution is 9.10. The number of hydrogen-bond acceptors (Lipinski definition) is 5. The zero-order chi connectivity index (χ0) is 20.2.